The van der Waals surface area contributed by atoms with Gasteiger partial charge in [-0.2, -0.15) is 0 Å². The van der Waals surface area contributed by atoms with Gasteiger partial charge in [0.25, 0.3) is 0 Å². The lowest BCUT2D eigenvalue weighted by molar-refractivity contribution is 0.278. The number of aliphatic hydroxyl groups excluding tert-OH is 1. The maximum absolute atomic E-state index is 9.55. The van der Waals surface area contributed by atoms with Crippen molar-refractivity contribution < 1.29 is 10.2 Å². The fourth-order valence-corrected chi connectivity index (χ4v) is 2.90. The number of aliphatic hydroxyl groups is 1. The van der Waals surface area contributed by atoms with Gasteiger partial charge in [-0.3, -0.25) is 0 Å². The number of thioether (sulfide) groups is 1. The lowest BCUT2D eigenvalue weighted by Crippen LogP contribution is -1.79. The van der Waals surface area contributed by atoms with Crippen molar-refractivity contribution in [3.8, 4) is 5.06 Å². The van der Waals surface area contributed by atoms with Gasteiger partial charge in [0, 0.05) is 20.5 Å². The molecule has 0 saturated heterocycles. The molecule has 0 amide bonds. The van der Waals surface area contributed by atoms with E-state index < -0.39 is 0 Å². The normalized spacial score (nSPS) is 11.0. The Morgan fingerprint density at radius 1 is 1.43 bits per heavy atom. The zero-order valence-electron chi connectivity index (χ0n) is 7.65. The van der Waals surface area contributed by atoms with Crippen LogP contribution in [-0.4, -0.2) is 16.5 Å². The first kappa shape index (κ1) is 9.83. The highest BCUT2D eigenvalue weighted by molar-refractivity contribution is 7.98. The lowest BCUT2D eigenvalue weighted by Gasteiger charge is -1.96. The Bertz CT molecular complexity index is 462. The van der Waals surface area contributed by atoms with Crippen molar-refractivity contribution in [3.05, 3.63) is 23.8 Å². The average molecular weight is 226 g/mol. The Labute approximate surface area is 90.2 Å². The number of fused-ring (bicyclic) bond motifs is 1. The van der Waals surface area contributed by atoms with Crippen LogP contribution in [0.25, 0.3) is 10.1 Å². The molecule has 0 aliphatic heterocycles. The van der Waals surface area contributed by atoms with E-state index in [2.05, 4.69) is 0 Å². The third kappa shape index (κ3) is 1.49. The summed E-state index contributed by atoms with van der Waals surface area (Å²) in [6.45, 7) is -0.107. The molecule has 0 saturated carbocycles. The van der Waals surface area contributed by atoms with Crippen LogP contribution in [0.4, 0.5) is 0 Å². The molecule has 2 N–H and O–H groups in total. The number of hydrogen-bond donors (Lipinski definition) is 2. The van der Waals surface area contributed by atoms with Crippen LogP contribution in [0.15, 0.2) is 23.1 Å². The van der Waals surface area contributed by atoms with Crippen LogP contribution in [0.1, 0.15) is 5.56 Å². The summed E-state index contributed by atoms with van der Waals surface area (Å²) in [6.07, 6.45) is 2.02. The quantitative estimate of drug-likeness (QED) is 0.774. The molecule has 0 fully saturated rings. The number of benzene rings is 1. The van der Waals surface area contributed by atoms with Crippen molar-refractivity contribution in [2.24, 2.45) is 0 Å². The van der Waals surface area contributed by atoms with Crippen molar-refractivity contribution in [1.29, 1.82) is 0 Å². The van der Waals surface area contributed by atoms with Gasteiger partial charge in [0.1, 0.15) is 0 Å². The fraction of sp³-hybridized carbons (Fsp3) is 0.200. The number of rotatable bonds is 2. The molecule has 0 bridgehead atoms. The largest absolute Gasteiger partial charge is 0.499 e. The molecule has 0 unspecified atom stereocenters. The van der Waals surface area contributed by atoms with Crippen LogP contribution in [-0.2, 0) is 6.61 Å². The topological polar surface area (TPSA) is 40.5 Å². The second-order valence-corrected chi connectivity index (χ2v) is 4.82. The van der Waals surface area contributed by atoms with Crippen LogP contribution in [0.2, 0.25) is 0 Å². The van der Waals surface area contributed by atoms with Crippen LogP contribution < -0.4 is 0 Å². The molecule has 2 rings (SSSR count). The second kappa shape index (κ2) is 3.81. The predicted octanol–water partition coefficient (Wildman–Crippen LogP) is 2.82. The van der Waals surface area contributed by atoms with Gasteiger partial charge in [0.05, 0.1) is 6.61 Å². The molecule has 1 heterocycles. The Balaban J connectivity index is 2.68. The fourth-order valence-electron chi connectivity index (χ4n) is 1.40. The van der Waals surface area contributed by atoms with E-state index in [1.807, 2.05) is 24.5 Å². The number of aromatic hydroxyl groups is 1. The third-order valence-corrected chi connectivity index (χ3v) is 3.86. The van der Waals surface area contributed by atoms with E-state index in [1.54, 1.807) is 11.8 Å². The van der Waals surface area contributed by atoms with Gasteiger partial charge in [-0.15, -0.1) is 11.8 Å². The molecule has 14 heavy (non-hydrogen) atoms. The van der Waals surface area contributed by atoms with E-state index in [0.717, 1.165) is 10.1 Å². The Kier molecular flexibility index (Phi) is 2.67. The van der Waals surface area contributed by atoms with Crippen LogP contribution in [0.5, 0.6) is 5.06 Å². The van der Waals surface area contributed by atoms with Crippen molar-refractivity contribution in [2.45, 2.75) is 11.5 Å². The van der Waals surface area contributed by atoms with Gasteiger partial charge in [-0.05, 0) is 18.4 Å². The molecule has 1 aromatic heterocycles. The van der Waals surface area contributed by atoms with Gasteiger partial charge < -0.3 is 10.2 Å². The van der Waals surface area contributed by atoms with E-state index in [4.69, 9.17) is 5.11 Å². The Hall–Kier alpha value is -0.710. The number of thiophene rings is 1. The maximum Gasteiger partial charge on any atom is 0.177 e. The van der Waals surface area contributed by atoms with Gasteiger partial charge in [0.2, 0.25) is 0 Å². The molecule has 2 aromatic rings. The van der Waals surface area contributed by atoms with Crippen molar-refractivity contribution in [1.82, 2.24) is 0 Å². The third-order valence-electron chi connectivity index (χ3n) is 2.14. The molecule has 1 aromatic carbocycles. The van der Waals surface area contributed by atoms with E-state index in [9.17, 15) is 5.11 Å². The summed E-state index contributed by atoms with van der Waals surface area (Å²) in [5.41, 5.74) is 0.637. The SMILES string of the molecule is CSc1ccc2c(CO)c(O)sc2c1. The van der Waals surface area contributed by atoms with Gasteiger partial charge in [-0.25, -0.2) is 0 Å². The number of hydrogen-bond acceptors (Lipinski definition) is 4. The molecule has 0 spiro atoms. The standard InChI is InChI=1S/C10H10O2S2/c1-13-6-2-3-7-8(5-11)10(12)14-9(7)4-6/h2-4,11-12H,5H2,1H3. The highest BCUT2D eigenvalue weighted by Crippen LogP contribution is 2.38. The first-order valence-corrected chi connectivity index (χ1v) is 6.19. The monoisotopic (exact) mass is 226 g/mol. The van der Waals surface area contributed by atoms with Crippen molar-refractivity contribution in [3.63, 3.8) is 0 Å². The summed E-state index contributed by atoms with van der Waals surface area (Å²) in [5, 5.41) is 19.8. The van der Waals surface area contributed by atoms with E-state index in [1.165, 1.54) is 16.2 Å². The van der Waals surface area contributed by atoms with E-state index in [-0.39, 0.29) is 11.7 Å². The summed E-state index contributed by atoms with van der Waals surface area (Å²) < 4.78 is 1.03. The molecule has 0 atom stereocenters. The first-order valence-electron chi connectivity index (χ1n) is 4.15. The minimum atomic E-state index is -0.107. The van der Waals surface area contributed by atoms with Crippen LogP contribution in [0.3, 0.4) is 0 Å². The average Bonchev–Trinajstić information content (AvgIpc) is 2.51. The highest BCUT2D eigenvalue weighted by atomic mass is 32.2. The molecule has 0 aliphatic carbocycles. The molecular formula is C10H10O2S2. The summed E-state index contributed by atoms with van der Waals surface area (Å²) in [7, 11) is 0. The summed E-state index contributed by atoms with van der Waals surface area (Å²) in [5.74, 6) is 0. The molecular weight excluding hydrogens is 216 g/mol. The van der Waals surface area contributed by atoms with Crippen molar-refractivity contribution in [2.75, 3.05) is 6.26 Å². The highest BCUT2D eigenvalue weighted by Gasteiger charge is 2.10. The maximum atomic E-state index is 9.55. The zero-order chi connectivity index (χ0) is 10.1. The molecule has 0 aliphatic rings. The summed E-state index contributed by atoms with van der Waals surface area (Å²) in [6, 6.07) is 5.98. The lowest BCUT2D eigenvalue weighted by atomic mass is 10.2. The molecule has 2 nitrogen and oxygen atoms in total. The smallest absolute Gasteiger partial charge is 0.177 e. The van der Waals surface area contributed by atoms with E-state index >= 15 is 0 Å². The second-order valence-electron chi connectivity index (χ2n) is 2.91. The van der Waals surface area contributed by atoms with Gasteiger partial charge >= 0.3 is 0 Å². The summed E-state index contributed by atoms with van der Waals surface area (Å²) >= 11 is 2.98. The Morgan fingerprint density at radius 3 is 2.86 bits per heavy atom. The molecule has 74 valence electrons. The predicted molar refractivity (Wildman–Crippen MR) is 61.2 cm³/mol. The molecule has 4 heteroatoms. The molecule has 0 radical (unpaired) electrons. The zero-order valence-corrected chi connectivity index (χ0v) is 9.28. The van der Waals surface area contributed by atoms with Crippen molar-refractivity contribution >= 4 is 33.2 Å². The summed E-state index contributed by atoms with van der Waals surface area (Å²) in [4.78, 5) is 1.17. The van der Waals surface area contributed by atoms with Gasteiger partial charge in [0.15, 0.2) is 5.06 Å². The minimum Gasteiger partial charge on any atom is -0.499 e. The first-order chi connectivity index (χ1) is 6.76. The van der Waals surface area contributed by atoms with Crippen LogP contribution >= 0.6 is 23.1 Å². The van der Waals surface area contributed by atoms with E-state index in [0.29, 0.717) is 5.56 Å². The Morgan fingerprint density at radius 2 is 2.21 bits per heavy atom. The van der Waals surface area contributed by atoms with Crippen LogP contribution in [0, 0.1) is 0 Å². The van der Waals surface area contributed by atoms with Gasteiger partial charge in [-0.1, -0.05) is 17.4 Å². The minimum absolute atomic E-state index is 0.107.